The highest BCUT2D eigenvalue weighted by atomic mass is 35.5. The number of hydrogen-bond donors (Lipinski definition) is 1. The molecule has 4 rings (SSSR count). The van der Waals surface area contributed by atoms with Gasteiger partial charge in [0.25, 0.3) is 0 Å². The molecule has 0 spiro atoms. The molecule has 0 saturated carbocycles. The Morgan fingerprint density at radius 3 is 2.27 bits per heavy atom. The number of imidazole rings is 1. The molecule has 0 aliphatic carbocycles. The SMILES string of the molecule is Cc1cccc(Cl)c1-c1nc(-c2ccncc2)c(-c2ccc(Cl)cc2)[nH]1. The van der Waals surface area contributed by atoms with E-state index < -0.39 is 0 Å². The predicted molar refractivity (Wildman–Crippen MR) is 107 cm³/mol. The zero-order chi connectivity index (χ0) is 18.1. The topological polar surface area (TPSA) is 41.6 Å². The first-order valence-electron chi connectivity index (χ1n) is 8.15. The molecule has 0 amide bonds. The van der Waals surface area contributed by atoms with Gasteiger partial charge in [-0.15, -0.1) is 0 Å². The molecule has 0 fully saturated rings. The molecule has 4 aromatic rings. The maximum absolute atomic E-state index is 6.45. The summed E-state index contributed by atoms with van der Waals surface area (Å²) in [4.78, 5) is 12.4. The number of aryl methyl sites for hydroxylation is 1. The van der Waals surface area contributed by atoms with Crippen molar-refractivity contribution in [2.24, 2.45) is 0 Å². The number of hydrogen-bond acceptors (Lipinski definition) is 2. The first-order chi connectivity index (χ1) is 12.6. The molecule has 2 aromatic heterocycles. The van der Waals surface area contributed by atoms with Crippen LogP contribution in [0.3, 0.4) is 0 Å². The number of pyridine rings is 1. The van der Waals surface area contributed by atoms with Crippen LogP contribution in [0.15, 0.2) is 67.0 Å². The summed E-state index contributed by atoms with van der Waals surface area (Å²) in [6.07, 6.45) is 3.52. The van der Waals surface area contributed by atoms with Crippen molar-refractivity contribution in [1.29, 1.82) is 0 Å². The molecule has 0 aliphatic rings. The number of nitrogens with one attached hydrogen (secondary N) is 1. The number of halogens is 2. The first-order valence-corrected chi connectivity index (χ1v) is 8.91. The minimum atomic E-state index is 0.669. The molecule has 3 nitrogen and oxygen atoms in total. The average Bonchev–Trinajstić information content (AvgIpc) is 3.08. The highest BCUT2D eigenvalue weighted by Gasteiger charge is 2.18. The maximum Gasteiger partial charge on any atom is 0.140 e. The number of nitrogens with zero attached hydrogens (tertiary/aromatic N) is 2. The lowest BCUT2D eigenvalue weighted by atomic mass is 10.1. The van der Waals surface area contributed by atoms with Crippen molar-refractivity contribution in [3.05, 3.63) is 82.6 Å². The summed E-state index contributed by atoms with van der Waals surface area (Å²) in [5.41, 5.74) is 5.73. The first kappa shape index (κ1) is 16.8. The van der Waals surface area contributed by atoms with Crippen molar-refractivity contribution in [1.82, 2.24) is 15.0 Å². The third-order valence-electron chi connectivity index (χ3n) is 4.25. The third kappa shape index (κ3) is 3.12. The van der Waals surface area contributed by atoms with E-state index in [1.807, 2.05) is 61.5 Å². The summed E-state index contributed by atoms with van der Waals surface area (Å²) in [6.45, 7) is 2.03. The molecule has 2 heterocycles. The predicted octanol–water partition coefficient (Wildman–Crippen LogP) is 6.42. The molecular formula is C21H15Cl2N3. The molecule has 26 heavy (non-hydrogen) atoms. The second kappa shape index (κ2) is 6.94. The van der Waals surface area contributed by atoms with Crippen LogP contribution in [-0.2, 0) is 0 Å². The van der Waals surface area contributed by atoms with E-state index in [0.717, 1.165) is 39.5 Å². The fraction of sp³-hybridized carbons (Fsp3) is 0.0476. The summed E-state index contributed by atoms with van der Waals surface area (Å²) in [7, 11) is 0. The molecule has 2 aromatic carbocycles. The maximum atomic E-state index is 6.45. The molecule has 0 atom stereocenters. The van der Waals surface area contributed by atoms with Crippen LogP contribution in [0.4, 0.5) is 0 Å². The lowest BCUT2D eigenvalue weighted by molar-refractivity contribution is 1.28. The Bertz CT molecular complexity index is 1030. The van der Waals surface area contributed by atoms with Gasteiger partial charge in [0.1, 0.15) is 5.82 Å². The van der Waals surface area contributed by atoms with E-state index in [2.05, 4.69) is 9.97 Å². The van der Waals surface area contributed by atoms with Gasteiger partial charge < -0.3 is 4.98 Å². The van der Waals surface area contributed by atoms with E-state index in [0.29, 0.717) is 10.0 Å². The number of aromatic amines is 1. The van der Waals surface area contributed by atoms with Crippen LogP contribution >= 0.6 is 23.2 Å². The summed E-state index contributed by atoms with van der Waals surface area (Å²) in [5, 5.41) is 1.36. The van der Waals surface area contributed by atoms with Crippen molar-refractivity contribution >= 4 is 23.2 Å². The Kier molecular flexibility index (Phi) is 4.49. The largest absolute Gasteiger partial charge is 0.337 e. The van der Waals surface area contributed by atoms with Gasteiger partial charge in [0.15, 0.2) is 0 Å². The molecule has 5 heteroatoms. The summed E-state index contributed by atoms with van der Waals surface area (Å²) >= 11 is 12.5. The van der Waals surface area contributed by atoms with E-state index in [1.165, 1.54) is 0 Å². The van der Waals surface area contributed by atoms with E-state index in [-0.39, 0.29) is 0 Å². The van der Waals surface area contributed by atoms with Crippen molar-refractivity contribution in [2.75, 3.05) is 0 Å². The van der Waals surface area contributed by atoms with E-state index in [1.54, 1.807) is 12.4 Å². The van der Waals surface area contributed by atoms with Crippen LogP contribution in [-0.4, -0.2) is 15.0 Å². The summed E-state index contributed by atoms with van der Waals surface area (Å²) in [5.74, 6) is 0.741. The van der Waals surface area contributed by atoms with Gasteiger partial charge in [-0.05, 0) is 42.8 Å². The van der Waals surface area contributed by atoms with Crippen LogP contribution < -0.4 is 0 Å². The number of aromatic nitrogens is 3. The van der Waals surface area contributed by atoms with Crippen LogP contribution in [0.5, 0.6) is 0 Å². The van der Waals surface area contributed by atoms with Gasteiger partial charge in [0.05, 0.1) is 16.4 Å². The molecule has 0 radical (unpaired) electrons. The standard InChI is InChI=1S/C21H15Cl2N3/c1-13-3-2-4-17(23)18(13)21-25-19(14-5-7-16(22)8-6-14)20(26-21)15-9-11-24-12-10-15/h2-12H,1H3,(H,25,26). The number of benzene rings is 2. The Labute approximate surface area is 161 Å². The Morgan fingerprint density at radius 1 is 0.846 bits per heavy atom. The van der Waals surface area contributed by atoms with Gasteiger partial charge >= 0.3 is 0 Å². The van der Waals surface area contributed by atoms with Crippen LogP contribution in [0.1, 0.15) is 5.56 Å². The minimum absolute atomic E-state index is 0.669. The molecular weight excluding hydrogens is 365 g/mol. The zero-order valence-corrected chi connectivity index (χ0v) is 15.5. The highest BCUT2D eigenvalue weighted by Crippen LogP contribution is 2.36. The molecule has 1 N–H and O–H groups in total. The number of H-pyrrole nitrogens is 1. The van der Waals surface area contributed by atoms with Crippen molar-refractivity contribution in [2.45, 2.75) is 6.92 Å². The lowest BCUT2D eigenvalue weighted by Gasteiger charge is -2.04. The number of rotatable bonds is 3. The third-order valence-corrected chi connectivity index (χ3v) is 4.82. The quantitative estimate of drug-likeness (QED) is 0.446. The van der Waals surface area contributed by atoms with Gasteiger partial charge in [-0.25, -0.2) is 4.98 Å². The van der Waals surface area contributed by atoms with Gasteiger partial charge in [-0.3, -0.25) is 4.98 Å². The minimum Gasteiger partial charge on any atom is -0.337 e. The zero-order valence-electron chi connectivity index (χ0n) is 14.0. The second-order valence-electron chi connectivity index (χ2n) is 5.98. The fourth-order valence-electron chi connectivity index (χ4n) is 2.97. The van der Waals surface area contributed by atoms with E-state index in [4.69, 9.17) is 28.2 Å². The monoisotopic (exact) mass is 379 g/mol. The van der Waals surface area contributed by atoms with Crippen LogP contribution in [0.25, 0.3) is 33.9 Å². The average molecular weight is 380 g/mol. The summed E-state index contributed by atoms with van der Waals surface area (Å²) in [6, 6.07) is 17.4. The normalized spacial score (nSPS) is 10.9. The van der Waals surface area contributed by atoms with Gasteiger partial charge in [0.2, 0.25) is 0 Å². The van der Waals surface area contributed by atoms with Crippen LogP contribution in [0, 0.1) is 6.92 Å². The smallest absolute Gasteiger partial charge is 0.140 e. The van der Waals surface area contributed by atoms with Crippen molar-refractivity contribution in [3.63, 3.8) is 0 Å². The molecule has 0 saturated heterocycles. The molecule has 0 unspecified atom stereocenters. The molecule has 0 bridgehead atoms. The van der Waals surface area contributed by atoms with Gasteiger partial charge in [0, 0.05) is 34.1 Å². The second-order valence-corrected chi connectivity index (χ2v) is 6.83. The van der Waals surface area contributed by atoms with Crippen LogP contribution in [0.2, 0.25) is 10.0 Å². The Morgan fingerprint density at radius 2 is 1.58 bits per heavy atom. The van der Waals surface area contributed by atoms with Gasteiger partial charge in [-0.2, -0.15) is 0 Å². The fourth-order valence-corrected chi connectivity index (χ4v) is 3.40. The van der Waals surface area contributed by atoms with Gasteiger partial charge in [-0.1, -0.05) is 47.5 Å². The molecule has 0 aliphatic heterocycles. The highest BCUT2D eigenvalue weighted by molar-refractivity contribution is 6.33. The molecule has 128 valence electrons. The summed E-state index contributed by atoms with van der Waals surface area (Å²) < 4.78 is 0. The van der Waals surface area contributed by atoms with Crippen molar-refractivity contribution in [3.8, 4) is 33.9 Å². The van der Waals surface area contributed by atoms with E-state index >= 15 is 0 Å². The lowest BCUT2D eigenvalue weighted by Crippen LogP contribution is -1.87. The Hall–Kier alpha value is -2.62. The van der Waals surface area contributed by atoms with Crippen molar-refractivity contribution < 1.29 is 0 Å². The van der Waals surface area contributed by atoms with E-state index in [9.17, 15) is 0 Å². The Balaban J connectivity index is 1.95.